The number of benzene rings is 1. The number of hydrogen-bond donors (Lipinski definition) is 1. The number of likely N-dealkylation sites (tertiary alicyclic amines) is 1. The van der Waals surface area contributed by atoms with Gasteiger partial charge >= 0.3 is 12.1 Å². The molecular formula is C25H30ClN5O4S. The predicted octanol–water partition coefficient (Wildman–Crippen LogP) is 5.40. The molecule has 1 fully saturated rings. The van der Waals surface area contributed by atoms with E-state index < -0.39 is 6.04 Å². The lowest BCUT2D eigenvalue weighted by molar-refractivity contribution is 0.0918. The molecule has 0 saturated carbocycles. The molecule has 0 radical (unpaired) electrons. The van der Waals surface area contributed by atoms with Gasteiger partial charge in [0.05, 0.1) is 9.21 Å². The third kappa shape index (κ3) is 6.55. The molecule has 3 aromatic rings. The van der Waals surface area contributed by atoms with Crippen LogP contribution < -0.4 is 15.0 Å². The van der Waals surface area contributed by atoms with E-state index in [0.29, 0.717) is 46.4 Å². The third-order valence-electron chi connectivity index (χ3n) is 6.25. The Morgan fingerprint density at radius 1 is 1.17 bits per heavy atom. The van der Waals surface area contributed by atoms with Gasteiger partial charge in [0.2, 0.25) is 5.89 Å². The highest BCUT2D eigenvalue weighted by Crippen LogP contribution is 2.30. The van der Waals surface area contributed by atoms with Crippen LogP contribution in [0.3, 0.4) is 0 Å². The van der Waals surface area contributed by atoms with Gasteiger partial charge in [-0.25, -0.2) is 4.79 Å². The number of piperidine rings is 1. The lowest BCUT2D eigenvalue weighted by Gasteiger charge is -2.32. The molecule has 9 nitrogen and oxygen atoms in total. The van der Waals surface area contributed by atoms with Gasteiger partial charge in [-0.3, -0.25) is 4.79 Å². The highest BCUT2D eigenvalue weighted by atomic mass is 35.5. The number of carbonyl (C=O) groups excluding carboxylic acids is 2. The summed E-state index contributed by atoms with van der Waals surface area (Å²) in [6, 6.07) is 12.4. The minimum atomic E-state index is -0.456. The van der Waals surface area contributed by atoms with Crippen molar-refractivity contribution in [2.75, 3.05) is 31.1 Å². The minimum Gasteiger partial charge on any atom is -0.410 e. The van der Waals surface area contributed by atoms with E-state index >= 15 is 0 Å². The number of thiophene rings is 1. The van der Waals surface area contributed by atoms with Crippen LogP contribution in [0.5, 0.6) is 5.75 Å². The van der Waals surface area contributed by atoms with E-state index in [2.05, 4.69) is 15.5 Å². The summed E-state index contributed by atoms with van der Waals surface area (Å²) in [5.74, 6) is 0.926. The fourth-order valence-corrected chi connectivity index (χ4v) is 5.16. The van der Waals surface area contributed by atoms with E-state index in [-0.39, 0.29) is 17.9 Å². The van der Waals surface area contributed by atoms with Gasteiger partial charge in [0.25, 0.3) is 5.91 Å². The standard InChI is InChI=1S/C25H30ClN5O4S/c1-3-30(4-2)24-29-28-23(35-24)19(27-22(32)20-10-11-21(26)36-20)16-17-12-14-31(15-13-17)25(33)34-18-8-6-5-7-9-18/h5-11,17,19H,3-4,12-16H2,1-2H3,(H,27,32). The van der Waals surface area contributed by atoms with Crippen molar-refractivity contribution in [1.29, 1.82) is 0 Å². The molecule has 2 aromatic heterocycles. The maximum absolute atomic E-state index is 12.9. The Hall–Kier alpha value is -3.11. The monoisotopic (exact) mass is 531 g/mol. The number of nitrogens with zero attached hydrogens (tertiary/aromatic N) is 4. The molecule has 192 valence electrons. The SMILES string of the molecule is CCN(CC)c1nnc(C(CC2CCN(C(=O)Oc3ccccc3)CC2)NC(=O)c2ccc(Cl)s2)o1. The number of rotatable bonds is 9. The molecule has 1 saturated heterocycles. The zero-order chi connectivity index (χ0) is 25.5. The number of amides is 2. The summed E-state index contributed by atoms with van der Waals surface area (Å²) in [7, 11) is 0. The van der Waals surface area contributed by atoms with Crippen LogP contribution in [0.15, 0.2) is 46.9 Å². The van der Waals surface area contributed by atoms with E-state index in [9.17, 15) is 9.59 Å². The quantitative estimate of drug-likeness (QED) is 0.394. The van der Waals surface area contributed by atoms with Gasteiger partial charge in [-0.1, -0.05) is 34.9 Å². The Kier molecular flexibility index (Phi) is 8.82. The highest BCUT2D eigenvalue weighted by molar-refractivity contribution is 7.18. The molecule has 4 rings (SSSR count). The van der Waals surface area contributed by atoms with Crippen molar-refractivity contribution >= 4 is 41.0 Å². The Labute approximate surface area is 219 Å². The van der Waals surface area contributed by atoms with Crippen LogP contribution in [0.1, 0.15) is 54.7 Å². The van der Waals surface area contributed by atoms with Crippen LogP contribution in [-0.2, 0) is 0 Å². The molecule has 36 heavy (non-hydrogen) atoms. The highest BCUT2D eigenvalue weighted by Gasteiger charge is 2.30. The summed E-state index contributed by atoms with van der Waals surface area (Å²) in [5, 5.41) is 11.5. The van der Waals surface area contributed by atoms with Crippen LogP contribution >= 0.6 is 22.9 Å². The van der Waals surface area contributed by atoms with Crippen molar-refractivity contribution in [2.45, 2.75) is 39.2 Å². The molecule has 1 aliphatic rings. The molecule has 0 bridgehead atoms. The predicted molar refractivity (Wildman–Crippen MR) is 139 cm³/mol. The lowest BCUT2D eigenvalue weighted by Crippen LogP contribution is -2.41. The second-order valence-corrected chi connectivity index (χ2v) is 10.3. The number of anilines is 1. The van der Waals surface area contributed by atoms with Gasteiger partial charge in [0, 0.05) is 26.2 Å². The Morgan fingerprint density at radius 3 is 2.53 bits per heavy atom. The van der Waals surface area contributed by atoms with Crippen molar-refractivity contribution in [3.63, 3.8) is 0 Å². The first-order chi connectivity index (χ1) is 17.5. The number of ether oxygens (including phenoxy) is 1. The van der Waals surface area contributed by atoms with E-state index in [1.54, 1.807) is 29.2 Å². The van der Waals surface area contributed by atoms with Crippen molar-refractivity contribution in [1.82, 2.24) is 20.4 Å². The largest absolute Gasteiger partial charge is 0.415 e. The van der Waals surface area contributed by atoms with Crippen molar-refractivity contribution in [3.8, 4) is 5.75 Å². The lowest BCUT2D eigenvalue weighted by atomic mass is 9.90. The summed E-state index contributed by atoms with van der Waals surface area (Å²) >= 11 is 7.24. The fourth-order valence-electron chi connectivity index (χ4n) is 4.21. The van der Waals surface area contributed by atoms with Gasteiger partial charge < -0.3 is 24.3 Å². The van der Waals surface area contributed by atoms with Crippen molar-refractivity contribution in [3.05, 3.63) is 57.6 Å². The maximum atomic E-state index is 12.9. The average Bonchev–Trinajstić information content (AvgIpc) is 3.55. The molecule has 1 atom stereocenters. The second kappa shape index (κ2) is 12.2. The number of halogens is 1. The average molecular weight is 532 g/mol. The van der Waals surface area contributed by atoms with Crippen LogP contribution in [0.2, 0.25) is 4.34 Å². The molecule has 1 aliphatic heterocycles. The molecule has 2 amide bonds. The molecule has 0 aliphatic carbocycles. The molecule has 3 heterocycles. The second-order valence-electron chi connectivity index (χ2n) is 8.57. The van der Waals surface area contributed by atoms with Crippen LogP contribution in [0, 0.1) is 5.92 Å². The zero-order valence-electron chi connectivity index (χ0n) is 20.4. The normalized spacial score (nSPS) is 14.9. The van der Waals surface area contributed by atoms with E-state index in [0.717, 1.165) is 25.9 Å². The number of carbonyl (C=O) groups is 2. The zero-order valence-corrected chi connectivity index (χ0v) is 21.9. The molecule has 11 heteroatoms. The van der Waals surface area contributed by atoms with Gasteiger partial charge in [0.1, 0.15) is 11.8 Å². The van der Waals surface area contributed by atoms with Crippen LogP contribution in [0.4, 0.5) is 10.8 Å². The van der Waals surface area contributed by atoms with Gasteiger partial charge in [-0.15, -0.1) is 16.4 Å². The van der Waals surface area contributed by atoms with E-state index in [1.165, 1.54) is 11.3 Å². The smallest absolute Gasteiger partial charge is 0.410 e. The van der Waals surface area contributed by atoms with Crippen molar-refractivity contribution in [2.24, 2.45) is 5.92 Å². The maximum Gasteiger partial charge on any atom is 0.415 e. The van der Waals surface area contributed by atoms with Crippen LogP contribution in [-0.4, -0.2) is 53.3 Å². The first-order valence-electron chi connectivity index (χ1n) is 12.1. The van der Waals surface area contributed by atoms with Gasteiger partial charge in [0.15, 0.2) is 0 Å². The number of hydrogen-bond acceptors (Lipinski definition) is 8. The van der Waals surface area contributed by atoms with E-state index in [1.807, 2.05) is 36.9 Å². The Morgan fingerprint density at radius 2 is 1.89 bits per heavy atom. The summed E-state index contributed by atoms with van der Waals surface area (Å²) in [6.07, 6.45) is 1.82. The fraction of sp³-hybridized carbons (Fsp3) is 0.440. The van der Waals surface area contributed by atoms with Gasteiger partial charge in [-0.05, 0) is 63.3 Å². The third-order valence-corrected chi connectivity index (χ3v) is 7.48. The first kappa shape index (κ1) is 26.0. The summed E-state index contributed by atoms with van der Waals surface area (Å²) < 4.78 is 12.0. The number of nitrogens with one attached hydrogen (secondary N) is 1. The molecule has 1 aromatic carbocycles. The van der Waals surface area contributed by atoms with Gasteiger partial charge in [-0.2, -0.15) is 0 Å². The molecular weight excluding hydrogens is 502 g/mol. The summed E-state index contributed by atoms with van der Waals surface area (Å²) in [5.41, 5.74) is 0. The summed E-state index contributed by atoms with van der Waals surface area (Å²) in [4.78, 5) is 29.7. The first-order valence-corrected chi connectivity index (χ1v) is 13.3. The van der Waals surface area contributed by atoms with Crippen LogP contribution in [0.25, 0.3) is 0 Å². The minimum absolute atomic E-state index is 0.233. The molecule has 1 unspecified atom stereocenters. The Balaban J connectivity index is 1.41. The Bertz CT molecular complexity index is 1140. The van der Waals surface area contributed by atoms with E-state index in [4.69, 9.17) is 20.8 Å². The molecule has 0 spiro atoms. The van der Waals surface area contributed by atoms with Crippen molar-refractivity contribution < 1.29 is 18.7 Å². The molecule has 1 N–H and O–H groups in total. The number of para-hydroxylation sites is 1. The number of aromatic nitrogens is 2. The summed E-state index contributed by atoms with van der Waals surface area (Å²) in [6.45, 7) is 6.66. The topological polar surface area (TPSA) is 101 Å².